The fourth-order valence-corrected chi connectivity index (χ4v) is 5.15. The van der Waals surface area contributed by atoms with E-state index in [0.29, 0.717) is 3.72 Å². The van der Waals surface area contributed by atoms with Crippen LogP contribution in [0.2, 0.25) is 0 Å². The summed E-state index contributed by atoms with van der Waals surface area (Å²) in [6.07, 6.45) is 8.01. The van der Waals surface area contributed by atoms with Crippen molar-refractivity contribution in [3.05, 3.63) is 56.5 Å². The van der Waals surface area contributed by atoms with Crippen molar-refractivity contribution < 1.29 is 19.2 Å². The van der Waals surface area contributed by atoms with E-state index in [9.17, 15) is 0 Å². The zero-order valence-corrected chi connectivity index (χ0v) is 16.1. The second-order valence-electron chi connectivity index (χ2n) is 5.75. The van der Waals surface area contributed by atoms with E-state index >= 15 is 0 Å². The molecule has 0 saturated heterocycles. The third kappa shape index (κ3) is 4.24. The molecule has 0 spiro atoms. The van der Waals surface area contributed by atoms with Crippen molar-refractivity contribution in [3.8, 4) is 0 Å². The Balaban J connectivity index is 0.00000180. The minimum Gasteiger partial charge on any atom is -0.147 e. The predicted molar refractivity (Wildman–Crippen MR) is 90.0 cm³/mol. The van der Waals surface area contributed by atoms with E-state index in [-0.39, 0.29) is 44.0 Å². The van der Waals surface area contributed by atoms with Crippen LogP contribution in [0.3, 0.4) is 0 Å². The Morgan fingerprint density at radius 3 is 2.20 bits per heavy atom. The van der Waals surface area contributed by atoms with Crippen LogP contribution in [0.4, 0.5) is 0 Å². The van der Waals surface area contributed by atoms with Gasteiger partial charge in [-0.3, -0.25) is 0 Å². The van der Waals surface area contributed by atoms with E-state index in [4.69, 9.17) is 0 Å². The normalized spacial score (nSPS) is 13.3. The van der Waals surface area contributed by atoms with Gasteiger partial charge < -0.3 is 0 Å². The fourth-order valence-electron chi connectivity index (χ4n) is 2.64. The van der Waals surface area contributed by atoms with Crippen LogP contribution in [0.25, 0.3) is 0 Å². The van der Waals surface area contributed by atoms with Crippen molar-refractivity contribution in [2.45, 2.75) is 44.8 Å². The average molecular weight is 347 g/mol. The summed E-state index contributed by atoms with van der Waals surface area (Å²) in [4.78, 5) is 0. The van der Waals surface area contributed by atoms with Gasteiger partial charge in [-0.1, -0.05) is 0 Å². The summed E-state index contributed by atoms with van der Waals surface area (Å²) in [5, 5.41) is 0. The van der Waals surface area contributed by atoms with Crippen molar-refractivity contribution in [1.82, 2.24) is 0 Å². The topological polar surface area (TPSA) is 0 Å². The standard InChI is InChI=1S/C12H17.C5H5.2ClH.Ti/c1-8(2)12-7-6-9(3)10(4)11(12)5;1-2-4-5-3-1;;;/h6-7H,1-5H3;1-3H,4H2;2*1H;. The molecule has 0 aliphatic heterocycles. The number of hydrogen-bond acceptors (Lipinski definition) is 0. The molecular weight excluding hydrogens is 323 g/mol. The Kier molecular flexibility index (Phi) is 7.85. The maximum Gasteiger partial charge on any atom is -0.147 e. The van der Waals surface area contributed by atoms with Crippen LogP contribution < -0.4 is 0 Å². The SMILES string of the molecule is Cc1ccc([C](C)(C)[Ti][C]2=CC=CC2)c(C)c1C.Cl.Cl. The van der Waals surface area contributed by atoms with E-state index in [1.807, 2.05) is 0 Å². The van der Waals surface area contributed by atoms with Crippen LogP contribution in [0.5, 0.6) is 0 Å². The average Bonchev–Trinajstić information content (AvgIpc) is 2.77. The van der Waals surface area contributed by atoms with Crippen LogP contribution in [0.15, 0.2) is 34.2 Å². The van der Waals surface area contributed by atoms with Crippen molar-refractivity contribution in [2.24, 2.45) is 0 Å². The van der Waals surface area contributed by atoms with Gasteiger partial charge in [-0.15, -0.1) is 24.8 Å². The van der Waals surface area contributed by atoms with Gasteiger partial charge >= 0.3 is 120 Å². The molecule has 110 valence electrons. The maximum atomic E-state index is 2.42. The quantitative estimate of drug-likeness (QED) is 0.623. The van der Waals surface area contributed by atoms with Crippen LogP contribution >= 0.6 is 24.8 Å². The summed E-state index contributed by atoms with van der Waals surface area (Å²) in [6.45, 7) is 11.6. The number of allylic oxidation sites excluding steroid dienone is 4. The molecular formula is C17H24Cl2Ti. The number of benzene rings is 1. The molecule has 0 unspecified atom stereocenters. The second-order valence-corrected chi connectivity index (χ2v) is 9.10. The summed E-state index contributed by atoms with van der Waals surface area (Å²) in [6, 6.07) is 4.64. The molecule has 0 heterocycles. The van der Waals surface area contributed by atoms with Crippen LogP contribution in [-0.2, 0) is 22.9 Å². The number of hydrogen-bond donors (Lipinski definition) is 0. The molecule has 0 aromatic heterocycles. The van der Waals surface area contributed by atoms with Crippen LogP contribution in [-0.4, -0.2) is 0 Å². The van der Waals surface area contributed by atoms with Gasteiger partial charge in [-0.2, -0.15) is 0 Å². The summed E-state index contributed by atoms with van der Waals surface area (Å²) in [5.41, 5.74) is 5.92. The summed E-state index contributed by atoms with van der Waals surface area (Å²) >= 11 is -0.0947. The van der Waals surface area contributed by atoms with Gasteiger partial charge in [0, 0.05) is 0 Å². The van der Waals surface area contributed by atoms with Gasteiger partial charge in [0.25, 0.3) is 0 Å². The van der Waals surface area contributed by atoms with Crippen LogP contribution in [0, 0.1) is 20.8 Å². The molecule has 0 saturated carbocycles. The molecule has 1 aromatic rings. The van der Waals surface area contributed by atoms with Crippen molar-refractivity contribution in [1.29, 1.82) is 0 Å². The first-order valence-corrected chi connectivity index (χ1v) is 8.19. The molecule has 0 N–H and O–H groups in total. The molecule has 2 rings (SSSR count). The van der Waals surface area contributed by atoms with E-state index in [0.717, 1.165) is 0 Å². The van der Waals surface area contributed by atoms with Gasteiger partial charge in [-0.25, -0.2) is 0 Å². The first kappa shape index (κ1) is 20.0. The van der Waals surface area contributed by atoms with E-state index in [1.165, 1.54) is 23.1 Å². The number of rotatable bonds is 3. The third-order valence-electron chi connectivity index (χ3n) is 3.98. The Labute approximate surface area is 144 Å². The Morgan fingerprint density at radius 2 is 1.65 bits per heavy atom. The number of aryl methyl sites for hydroxylation is 1. The summed E-state index contributed by atoms with van der Waals surface area (Å²) in [5.74, 6) is 0. The molecule has 0 amide bonds. The van der Waals surface area contributed by atoms with Gasteiger partial charge in [0.1, 0.15) is 0 Å². The first-order chi connectivity index (χ1) is 8.42. The van der Waals surface area contributed by atoms with E-state index in [2.05, 4.69) is 65.0 Å². The zero-order valence-electron chi connectivity index (χ0n) is 12.9. The minimum atomic E-state index is -0.0947. The van der Waals surface area contributed by atoms with Gasteiger partial charge in [-0.05, 0) is 0 Å². The summed E-state index contributed by atoms with van der Waals surface area (Å²) in [7, 11) is 0. The second kappa shape index (κ2) is 7.85. The van der Waals surface area contributed by atoms with Crippen LogP contribution in [0.1, 0.15) is 42.5 Å². The molecule has 0 bridgehead atoms. The summed E-state index contributed by atoms with van der Waals surface area (Å²) < 4.78 is 2.03. The minimum absolute atomic E-state index is 0. The third-order valence-corrected chi connectivity index (χ3v) is 6.45. The Morgan fingerprint density at radius 1 is 1.00 bits per heavy atom. The van der Waals surface area contributed by atoms with E-state index < -0.39 is 0 Å². The molecule has 20 heavy (non-hydrogen) atoms. The van der Waals surface area contributed by atoms with Gasteiger partial charge in [0.15, 0.2) is 0 Å². The fraction of sp³-hybridized carbons (Fsp3) is 0.412. The molecule has 0 atom stereocenters. The zero-order chi connectivity index (χ0) is 13.3. The predicted octanol–water partition coefficient (Wildman–Crippen LogP) is 5.62. The molecule has 1 aliphatic carbocycles. The molecule has 0 radical (unpaired) electrons. The monoisotopic (exact) mass is 346 g/mol. The van der Waals surface area contributed by atoms with Crippen molar-refractivity contribution >= 4 is 24.8 Å². The van der Waals surface area contributed by atoms with Crippen molar-refractivity contribution in [2.75, 3.05) is 0 Å². The molecule has 1 aliphatic rings. The smallest absolute Gasteiger partial charge is 0.147 e. The Hall–Kier alpha value is -0.00571. The number of halogens is 2. The van der Waals surface area contributed by atoms with Crippen molar-refractivity contribution in [3.63, 3.8) is 0 Å². The largest absolute Gasteiger partial charge is 0.147 e. The van der Waals surface area contributed by atoms with Gasteiger partial charge in [0.2, 0.25) is 0 Å². The molecule has 1 aromatic carbocycles. The van der Waals surface area contributed by atoms with E-state index in [1.54, 1.807) is 9.44 Å². The molecule has 3 heteroatoms. The van der Waals surface area contributed by atoms with Gasteiger partial charge in [0.05, 0.1) is 0 Å². The first-order valence-electron chi connectivity index (χ1n) is 6.63. The molecule has 0 fully saturated rings. The Bertz CT molecular complexity index is 528. The molecule has 0 nitrogen and oxygen atoms in total. The maximum absolute atomic E-state index is 2.42.